The number of para-hydroxylation sites is 1. The SMILES string of the molecule is COC(=O)c1ccccc1OCCCC(=O)NCC(=O)N1CC(C)(C)C[C@H]1C(=O)O. The first-order chi connectivity index (χ1) is 14.1. The summed E-state index contributed by atoms with van der Waals surface area (Å²) in [6.45, 7) is 4.12. The highest BCUT2D eigenvalue weighted by molar-refractivity contribution is 5.92. The van der Waals surface area contributed by atoms with E-state index in [4.69, 9.17) is 9.47 Å². The number of nitrogens with zero attached hydrogens (tertiary/aromatic N) is 1. The van der Waals surface area contributed by atoms with Crippen LogP contribution >= 0.6 is 0 Å². The number of nitrogens with one attached hydrogen (secondary N) is 1. The van der Waals surface area contributed by atoms with Gasteiger partial charge in [0.2, 0.25) is 11.8 Å². The zero-order valence-corrected chi connectivity index (χ0v) is 17.5. The number of esters is 1. The molecule has 2 rings (SSSR count). The van der Waals surface area contributed by atoms with E-state index in [1.807, 2.05) is 13.8 Å². The Morgan fingerprint density at radius 3 is 2.60 bits per heavy atom. The van der Waals surface area contributed by atoms with Crippen molar-refractivity contribution in [3.63, 3.8) is 0 Å². The molecule has 1 aliphatic rings. The van der Waals surface area contributed by atoms with Crippen molar-refractivity contribution in [2.24, 2.45) is 5.41 Å². The molecule has 1 heterocycles. The highest BCUT2D eigenvalue weighted by atomic mass is 16.5. The van der Waals surface area contributed by atoms with Gasteiger partial charge in [0.15, 0.2) is 0 Å². The van der Waals surface area contributed by atoms with Gasteiger partial charge in [0.25, 0.3) is 0 Å². The van der Waals surface area contributed by atoms with Crippen molar-refractivity contribution in [1.29, 1.82) is 0 Å². The summed E-state index contributed by atoms with van der Waals surface area (Å²) in [5.74, 6) is -1.92. The summed E-state index contributed by atoms with van der Waals surface area (Å²) in [4.78, 5) is 48.8. The van der Waals surface area contributed by atoms with Gasteiger partial charge in [0.1, 0.15) is 17.4 Å². The maximum absolute atomic E-state index is 12.4. The summed E-state index contributed by atoms with van der Waals surface area (Å²) in [5.41, 5.74) is 0.0252. The summed E-state index contributed by atoms with van der Waals surface area (Å²) < 4.78 is 10.3. The average Bonchev–Trinajstić information content (AvgIpc) is 3.05. The van der Waals surface area contributed by atoms with Gasteiger partial charge in [-0.15, -0.1) is 0 Å². The van der Waals surface area contributed by atoms with Crippen molar-refractivity contribution < 1.29 is 33.8 Å². The third-order valence-electron chi connectivity index (χ3n) is 4.86. The van der Waals surface area contributed by atoms with Gasteiger partial charge < -0.3 is 24.8 Å². The number of aliphatic carboxylic acids is 1. The highest BCUT2D eigenvalue weighted by Crippen LogP contribution is 2.33. The number of benzene rings is 1. The normalized spacial score (nSPS) is 17.3. The summed E-state index contributed by atoms with van der Waals surface area (Å²) in [6.07, 6.45) is 0.887. The second kappa shape index (κ2) is 10.1. The Balaban J connectivity index is 1.75. The molecule has 0 bridgehead atoms. The first-order valence-electron chi connectivity index (χ1n) is 9.74. The molecule has 2 amide bonds. The molecule has 30 heavy (non-hydrogen) atoms. The number of ether oxygens (including phenoxy) is 2. The number of amides is 2. The second-order valence-electron chi connectivity index (χ2n) is 7.96. The molecule has 1 saturated heterocycles. The Hall–Kier alpha value is -3.10. The maximum atomic E-state index is 12.4. The largest absolute Gasteiger partial charge is 0.493 e. The van der Waals surface area contributed by atoms with E-state index in [-0.39, 0.29) is 30.9 Å². The predicted octanol–water partition coefficient (Wildman–Crippen LogP) is 1.46. The zero-order valence-electron chi connectivity index (χ0n) is 17.5. The van der Waals surface area contributed by atoms with E-state index in [9.17, 15) is 24.3 Å². The third kappa shape index (κ3) is 6.20. The van der Waals surface area contributed by atoms with Gasteiger partial charge in [-0.2, -0.15) is 0 Å². The van der Waals surface area contributed by atoms with Crippen LogP contribution in [0.1, 0.15) is 43.5 Å². The third-order valence-corrected chi connectivity index (χ3v) is 4.86. The molecule has 2 N–H and O–H groups in total. The molecular weight excluding hydrogens is 392 g/mol. The van der Waals surface area contributed by atoms with Crippen molar-refractivity contribution in [2.75, 3.05) is 26.8 Å². The molecule has 9 nitrogen and oxygen atoms in total. The van der Waals surface area contributed by atoms with Gasteiger partial charge in [-0.1, -0.05) is 26.0 Å². The van der Waals surface area contributed by atoms with Crippen LogP contribution in [0.3, 0.4) is 0 Å². The molecule has 164 valence electrons. The van der Waals surface area contributed by atoms with Crippen molar-refractivity contribution >= 4 is 23.8 Å². The number of likely N-dealkylation sites (tertiary alicyclic amines) is 1. The molecule has 1 atom stereocenters. The van der Waals surface area contributed by atoms with E-state index in [2.05, 4.69) is 5.32 Å². The molecule has 0 aliphatic carbocycles. The number of rotatable bonds is 9. The monoisotopic (exact) mass is 420 g/mol. The van der Waals surface area contributed by atoms with Crippen LogP contribution < -0.4 is 10.1 Å². The molecule has 1 aliphatic heterocycles. The number of carboxylic acids is 1. The van der Waals surface area contributed by atoms with Crippen LogP contribution in [-0.2, 0) is 19.1 Å². The smallest absolute Gasteiger partial charge is 0.341 e. The molecule has 9 heteroatoms. The minimum absolute atomic E-state index is 0.127. The van der Waals surface area contributed by atoms with Crippen molar-refractivity contribution in [1.82, 2.24) is 10.2 Å². The van der Waals surface area contributed by atoms with Crippen molar-refractivity contribution in [3.05, 3.63) is 29.8 Å². The summed E-state index contributed by atoms with van der Waals surface area (Å²) in [6, 6.07) is 5.78. The fourth-order valence-electron chi connectivity index (χ4n) is 3.40. The van der Waals surface area contributed by atoms with Gasteiger partial charge in [-0.25, -0.2) is 9.59 Å². The average molecular weight is 420 g/mol. The number of methoxy groups -OCH3 is 1. The van der Waals surface area contributed by atoms with Crippen LogP contribution in [0.15, 0.2) is 24.3 Å². The van der Waals surface area contributed by atoms with Gasteiger partial charge in [-0.05, 0) is 30.4 Å². The minimum atomic E-state index is -1.04. The fraction of sp³-hybridized carbons (Fsp3) is 0.524. The lowest BCUT2D eigenvalue weighted by atomic mass is 9.91. The van der Waals surface area contributed by atoms with Crippen molar-refractivity contribution in [3.8, 4) is 5.75 Å². The Kier molecular flexibility index (Phi) is 7.79. The van der Waals surface area contributed by atoms with E-state index in [1.54, 1.807) is 24.3 Å². The Bertz CT molecular complexity index is 806. The van der Waals surface area contributed by atoms with Crippen LogP contribution in [0.4, 0.5) is 0 Å². The summed E-state index contributed by atoms with van der Waals surface area (Å²) in [5, 5.41) is 11.9. The lowest BCUT2D eigenvalue weighted by Gasteiger charge is -2.22. The van der Waals surface area contributed by atoms with E-state index < -0.39 is 23.9 Å². The van der Waals surface area contributed by atoms with Crippen LogP contribution in [0.25, 0.3) is 0 Å². The molecule has 0 spiro atoms. The van der Waals surface area contributed by atoms with Crippen LogP contribution in [0.2, 0.25) is 0 Å². The molecule has 1 aromatic carbocycles. The minimum Gasteiger partial charge on any atom is -0.493 e. The Labute approximate surface area is 175 Å². The van der Waals surface area contributed by atoms with E-state index >= 15 is 0 Å². The molecule has 1 fully saturated rings. The second-order valence-corrected chi connectivity index (χ2v) is 7.96. The molecule has 0 saturated carbocycles. The molecule has 1 aromatic rings. The van der Waals surface area contributed by atoms with Gasteiger partial charge in [-0.3, -0.25) is 9.59 Å². The quantitative estimate of drug-likeness (QED) is 0.458. The standard InChI is InChI=1S/C21H28N2O7/c1-21(2)11-15(19(26)27)23(13-21)18(25)12-22-17(24)9-6-10-30-16-8-5-4-7-14(16)20(28)29-3/h4-5,7-8,15H,6,9-13H2,1-3H3,(H,22,24)(H,26,27)/t15-/m0/s1. The summed E-state index contributed by atoms with van der Waals surface area (Å²) >= 11 is 0. The van der Waals surface area contributed by atoms with Crippen molar-refractivity contribution in [2.45, 2.75) is 39.2 Å². The lowest BCUT2D eigenvalue weighted by Crippen LogP contribution is -2.45. The summed E-state index contributed by atoms with van der Waals surface area (Å²) in [7, 11) is 1.28. The topological polar surface area (TPSA) is 122 Å². The molecule has 0 unspecified atom stereocenters. The fourth-order valence-corrected chi connectivity index (χ4v) is 3.40. The lowest BCUT2D eigenvalue weighted by molar-refractivity contribution is -0.148. The van der Waals surface area contributed by atoms with E-state index in [0.29, 0.717) is 30.7 Å². The number of carbonyl (C=O) groups is 4. The van der Waals surface area contributed by atoms with Gasteiger partial charge in [0, 0.05) is 13.0 Å². The Morgan fingerprint density at radius 1 is 1.23 bits per heavy atom. The molecule has 0 aromatic heterocycles. The zero-order chi connectivity index (χ0) is 22.3. The first kappa shape index (κ1) is 23.2. The number of hydrogen-bond donors (Lipinski definition) is 2. The van der Waals surface area contributed by atoms with Gasteiger partial charge in [0.05, 0.1) is 20.3 Å². The van der Waals surface area contributed by atoms with Crippen LogP contribution in [0, 0.1) is 5.41 Å². The van der Waals surface area contributed by atoms with Crippen LogP contribution in [-0.4, -0.2) is 66.6 Å². The Morgan fingerprint density at radius 2 is 1.93 bits per heavy atom. The number of hydrogen-bond acceptors (Lipinski definition) is 6. The van der Waals surface area contributed by atoms with E-state index in [1.165, 1.54) is 12.0 Å². The predicted molar refractivity (Wildman–Crippen MR) is 107 cm³/mol. The number of carboxylic acid groups (broad SMARTS) is 1. The molecule has 0 radical (unpaired) electrons. The maximum Gasteiger partial charge on any atom is 0.341 e. The number of carbonyl (C=O) groups excluding carboxylic acids is 3. The van der Waals surface area contributed by atoms with Crippen LogP contribution in [0.5, 0.6) is 5.75 Å². The first-order valence-corrected chi connectivity index (χ1v) is 9.74. The molecular formula is C21H28N2O7. The highest BCUT2D eigenvalue weighted by Gasteiger charge is 2.43. The van der Waals surface area contributed by atoms with Gasteiger partial charge >= 0.3 is 11.9 Å². The van der Waals surface area contributed by atoms with E-state index in [0.717, 1.165) is 0 Å².